The Bertz CT molecular complexity index is 1050. The van der Waals surface area contributed by atoms with Crippen LogP contribution in [0.4, 0.5) is 11.4 Å². The first-order valence-corrected chi connectivity index (χ1v) is 11.4. The van der Waals surface area contributed by atoms with Crippen LogP contribution in [0.1, 0.15) is 37.8 Å². The van der Waals surface area contributed by atoms with Crippen molar-refractivity contribution in [3.05, 3.63) is 53.6 Å². The summed E-state index contributed by atoms with van der Waals surface area (Å²) in [6, 6.07) is 12.2. The fourth-order valence-electron chi connectivity index (χ4n) is 3.62. The van der Waals surface area contributed by atoms with Gasteiger partial charge in [0.2, 0.25) is 11.8 Å². The molecule has 2 amide bonds. The largest absolute Gasteiger partial charge is 0.326 e. The monoisotopic (exact) mass is 414 g/mol. The first-order chi connectivity index (χ1) is 13.7. The van der Waals surface area contributed by atoms with E-state index in [1.165, 1.54) is 6.07 Å². The fourth-order valence-corrected chi connectivity index (χ4v) is 4.91. The van der Waals surface area contributed by atoms with Crippen LogP contribution >= 0.6 is 0 Å². The number of carbonyl (C=O) groups is 2. The number of hydrogen-bond donors (Lipinski definition) is 1. The van der Waals surface area contributed by atoms with Crippen LogP contribution in [0.25, 0.3) is 0 Å². The number of aryl methyl sites for hydroxylation is 1. The highest BCUT2D eigenvalue weighted by Crippen LogP contribution is 2.34. The second-order valence-corrected chi connectivity index (χ2v) is 9.50. The number of nitrogens with zero attached hydrogens (tertiary/aromatic N) is 1. The van der Waals surface area contributed by atoms with Gasteiger partial charge in [0.05, 0.1) is 10.6 Å². The van der Waals surface area contributed by atoms with Crippen molar-refractivity contribution in [1.82, 2.24) is 0 Å². The molecule has 1 N–H and O–H groups in total. The zero-order valence-corrected chi connectivity index (χ0v) is 17.8. The molecule has 0 radical (unpaired) electrons. The molecule has 2 aromatic carbocycles. The van der Waals surface area contributed by atoms with E-state index in [9.17, 15) is 18.0 Å². The third-order valence-electron chi connectivity index (χ3n) is 5.21. The number of para-hydroxylation sites is 1. The molecule has 0 aliphatic carbocycles. The summed E-state index contributed by atoms with van der Waals surface area (Å²) in [5, 5.41) is 2.76. The van der Waals surface area contributed by atoms with Crippen molar-refractivity contribution in [3.63, 3.8) is 0 Å². The van der Waals surface area contributed by atoms with Crippen LogP contribution < -0.4 is 10.2 Å². The molecule has 0 saturated heterocycles. The number of nitrogens with one attached hydrogen (secondary N) is 1. The van der Waals surface area contributed by atoms with E-state index in [0.29, 0.717) is 18.5 Å². The van der Waals surface area contributed by atoms with Gasteiger partial charge in [-0.3, -0.25) is 9.59 Å². The molecule has 0 saturated carbocycles. The molecule has 0 bridgehead atoms. The minimum absolute atomic E-state index is 0.00953. The highest BCUT2D eigenvalue weighted by atomic mass is 32.2. The molecular formula is C22H26N2O4S. The van der Waals surface area contributed by atoms with Crippen molar-refractivity contribution in [2.45, 2.75) is 51.0 Å². The Morgan fingerprint density at radius 1 is 1.17 bits per heavy atom. The van der Waals surface area contributed by atoms with Crippen molar-refractivity contribution in [3.8, 4) is 0 Å². The van der Waals surface area contributed by atoms with Gasteiger partial charge < -0.3 is 10.2 Å². The van der Waals surface area contributed by atoms with Gasteiger partial charge in [-0.2, -0.15) is 0 Å². The van der Waals surface area contributed by atoms with Crippen LogP contribution in [0.15, 0.2) is 47.4 Å². The molecule has 1 heterocycles. The van der Waals surface area contributed by atoms with E-state index in [1.54, 1.807) is 23.1 Å². The van der Waals surface area contributed by atoms with Crippen LogP contribution in [0.5, 0.6) is 0 Å². The van der Waals surface area contributed by atoms with E-state index >= 15 is 0 Å². The van der Waals surface area contributed by atoms with Crippen molar-refractivity contribution >= 4 is 33.0 Å². The number of hydrogen-bond acceptors (Lipinski definition) is 4. The van der Waals surface area contributed by atoms with Gasteiger partial charge in [0.25, 0.3) is 0 Å². The second-order valence-electron chi connectivity index (χ2n) is 7.39. The minimum Gasteiger partial charge on any atom is -0.326 e. The molecule has 3 rings (SSSR count). The molecule has 0 unspecified atom stereocenters. The molecule has 0 fully saturated rings. The van der Waals surface area contributed by atoms with Gasteiger partial charge in [-0.1, -0.05) is 25.1 Å². The maximum atomic E-state index is 12.7. The molecule has 1 aliphatic rings. The van der Waals surface area contributed by atoms with Crippen LogP contribution in [-0.2, 0) is 25.8 Å². The van der Waals surface area contributed by atoms with E-state index in [0.717, 1.165) is 16.8 Å². The van der Waals surface area contributed by atoms with Crippen molar-refractivity contribution < 1.29 is 18.0 Å². The fraction of sp³-hybridized carbons (Fsp3) is 0.364. The maximum Gasteiger partial charge on any atom is 0.226 e. The second kappa shape index (κ2) is 8.37. The summed E-state index contributed by atoms with van der Waals surface area (Å²) in [4.78, 5) is 26.3. The molecule has 1 aliphatic heterocycles. The lowest BCUT2D eigenvalue weighted by molar-refractivity contribution is -0.118. The number of amides is 2. The van der Waals surface area contributed by atoms with Crippen LogP contribution in [0.2, 0.25) is 0 Å². The Morgan fingerprint density at radius 3 is 2.59 bits per heavy atom. The molecule has 0 spiro atoms. The normalized spacial score (nSPS) is 15.8. The lowest BCUT2D eigenvalue weighted by Crippen LogP contribution is -2.35. The van der Waals surface area contributed by atoms with E-state index in [4.69, 9.17) is 0 Å². The summed E-state index contributed by atoms with van der Waals surface area (Å²) in [5.41, 5.74) is 3.23. The molecule has 0 aromatic heterocycles. The third-order valence-corrected chi connectivity index (χ3v) is 6.93. The lowest BCUT2D eigenvalue weighted by Gasteiger charge is -2.22. The average Bonchev–Trinajstić information content (AvgIpc) is 3.02. The summed E-state index contributed by atoms with van der Waals surface area (Å²) in [6.07, 6.45) is 0.905. The Morgan fingerprint density at radius 2 is 1.90 bits per heavy atom. The summed E-state index contributed by atoms with van der Waals surface area (Å²) in [7, 11) is -3.60. The minimum atomic E-state index is -3.60. The first-order valence-electron chi connectivity index (χ1n) is 9.76. The predicted molar refractivity (Wildman–Crippen MR) is 114 cm³/mol. The van der Waals surface area contributed by atoms with E-state index in [-0.39, 0.29) is 34.9 Å². The quantitative estimate of drug-likeness (QED) is 0.784. The number of carbonyl (C=O) groups excluding carboxylic acids is 2. The van der Waals surface area contributed by atoms with Crippen molar-refractivity contribution in [2.24, 2.45) is 0 Å². The first kappa shape index (κ1) is 21.0. The van der Waals surface area contributed by atoms with Gasteiger partial charge in [0.1, 0.15) is 0 Å². The van der Waals surface area contributed by atoms with Gasteiger partial charge in [0.15, 0.2) is 9.84 Å². The zero-order chi connectivity index (χ0) is 21.2. The summed E-state index contributed by atoms with van der Waals surface area (Å²) < 4.78 is 25.5. The number of rotatable bonds is 6. The number of anilines is 2. The van der Waals surface area contributed by atoms with E-state index in [2.05, 4.69) is 5.32 Å². The highest BCUT2D eigenvalue weighted by Gasteiger charge is 2.31. The maximum absolute atomic E-state index is 12.7. The van der Waals surface area contributed by atoms with E-state index in [1.807, 2.05) is 39.0 Å². The SMILES string of the molecule is CCC(=O)N1c2ccc(S(=O)(=O)CCC(=O)Nc3ccccc3C)cc2C[C@@H]1C. The smallest absolute Gasteiger partial charge is 0.226 e. The molecular weight excluding hydrogens is 388 g/mol. The van der Waals surface area contributed by atoms with Gasteiger partial charge in [-0.25, -0.2) is 8.42 Å². The highest BCUT2D eigenvalue weighted by molar-refractivity contribution is 7.91. The molecule has 7 heteroatoms. The molecule has 2 aromatic rings. The van der Waals surface area contributed by atoms with E-state index < -0.39 is 9.84 Å². The van der Waals surface area contributed by atoms with Crippen LogP contribution in [-0.4, -0.2) is 32.0 Å². The third kappa shape index (κ3) is 4.50. The van der Waals surface area contributed by atoms with Crippen molar-refractivity contribution in [1.29, 1.82) is 0 Å². The number of fused-ring (bicyclic) bond motifs is 1. The summed E-state index contributed by atoms with van der Waals surface area (Å²) in [6.45, 7) is 5.65. The predicted octanol–water partition coefficient (Wildman–Crippen LogP) is 3.49. The Balaban J connectivity index is 1.71. The lowest BCUT2D eigenvalue weighted by atomic mass is 10.1. The van der Waals surface area contributed by atoms with Gasteiger partial charge in [-0.05, 0) is 55.7 Å². The van der Waals surface area contributed by atoms with Crippen LogP contribution in [0, 0.1) is 6.92 Å². The standard InChI is InChI=1S/C22H26N2O4S/c1-4-22(26)24-16(3)13-17-14-18(9-10-20(17)24)29(27,28)12-11-21(25)23-19-8-6-5-7-15(19)2/h5-10,14,16H,4,11-13H2,1-3H3,(H,23,25)/t16-/m0/s1. The van der Waals surface area contributed by atoms with Crippen molar-refractivity contribution in [2.75, 3.05) is 16.0 Å². The number of sulfone groups is 1. The number of benzene rings is 2. The Hall–Kier alpha value is -2.67. The zero-order valence-electron chi connectivity index (χ0n) is 16.9. The average molecular weight is 415 g/mol. The molecule has 6 nitrogen and oxygen atoms in total. The topological polar surface area (TPSA) is 83.6 Å². The van der Waals surface area contributed by atoms with Crippen LogP contribution in [0.3, 0.4) is 0 Å². The summed E-state index contributed by atoms with van der Waals surface area (Å²) in [5.74, 6) is -0.575. The molecule has 1 atom stereocenters. The Kier molecular flexibility index (Phi) is 6.07. The molecule has 29 heavy (non-hydrogen) atoms. The summed E-state index contributed by atoms with van der Waals surface area (Å²) >= 11 is 0. The Labute approximate surface area is 171 Å². The van der Waals surface area contributed by atoms with Gasteiger partial charge in [-0.15, -0.1) is 0 Å². The molecule has 154 valence electrons. The van der Waals surface area contributed by atoms with Gasteiger partial charge in [0, 0.05) is 30.3 Å². The van der Waals surface area contributed by atoms with Gasteiger partial charge >= 0.3 is 0 Å².